The van der Waals surface area contributed by atoms with Crippen LogP contribution in [0.25, 0.3) is 0 Å². The zero-order valence-corrected chi connectivity index (χ0v) is 14.9. The van der Waals surface area contributed by atoms with Gasteiger partial charge in [-0.05, 0) is 49.0 Å². The quantitative estimate of drug-likeness (QED) is 0.579. The first-order chi connectivity index (χ1) is 11.8. The molecule has 0 bridgehead atoms. The minimum absolute atomic E-state index is 0.226. The minimum atomic E-state index is -0.654. The van der Waals surface area contributed by atoms with Crippen molar-refractivity contribution in [1.29, 1.82) is 0 Å². The summed E-state index contributed by atoms with van der Waals surface area (Å²) in [7, 11) is 0. The molecule has 2 aromatic rings. The van der Waals surface area contributed by atoms with Crippen LogP contribution in [0.1, 0.15) is 30.4 Å². The lowest BCUT2D eigenvalue weighted by atomic mass is 10.0. The Bertz CT molecular complexity index is 583. The molecular formula is C21H26O2S. The number of rotatable bonds is 11. The van der Waals surface area contributed by atoms with Gasteiger partial charge in [-0.2, -0.15) is 11.8 Å². The number of carbonyl (C=O) groups is 1. The normalized spacial score (nSPS) is 12.0. The third-order valence-corrected chi connectivity index (χ3v) is 5.34. The summed E-state index contributed by atoms with van der Waals surface area (Å²) in [5, 5.41) is 9.39. The molecule has 0 spiro atoms. The number of carboxylic acid groups (broad SMARTS) is 1. The molecule has 0 aliphatic heterocycles. The van der Waals surface area contributed by atoms with E-state index in [4.69, 9.17) is 0 Å². The van der Waals surface area contributed by atoms with Crippen molar-refractivity contribution < 1.29 is 9.90 Å². The molecule has 1 atom stereocenters. The molecule has 2 rings (SSSR count). The zero-order valence-electron chi connectivity index (χ0n) is 14.1. The van der Waals surface area contributed by atoms with Gasteiger partial charge < -0.3 is 5.11 Å². The van der Waals surface area contributed by atoms with E-state index in [9.17, 15) is 9.90 Å². The van der Waals surface area contributed by atoms with Gasteiger partial charge in [0.15, 0.2) is 0 Å². The van der Waals surface area contributed by atoms with Crippen LogP contribution in [0, 0.1) is 5.92 Å². The third kappa shape index (κ3) is 7.22. The molecule has 0 fully saturated rings. The van der Waals surface area contributed by atoms with Crippen LogP contribution in [0.15, 0.2) is 60.7 Å². The minimum Gasteiger partial charge on any atom is -0.481 e. The Morgan fingerprint density at radius 3 is 1.96 bits per heavy atom. The van der Waals surface area contributed by atoms with E-state index in [0.717, 1.165) is 43.6 Å². The number of benzene rings is 2. The highest BCUT2D eigenvalue weighted by atomic mass is 32.2. The maximum absolute atomic E-state index is 11.4. The second-order valence-corrected chi connectivity index (χ2v) is 7.23. The molecule has 3 heteroatoms. The smallest absolute Gasteiger partial charge is 0.307 e. The molecule has 2 aromatic carbocycles. The lowest BCUT2D eigenvalue weighted by molar-refractivity contribution is -0.141. The Hall–Kier alpha value is -1.74. The first-order valence-electron chi connectivity index (χ1n) is 8.64. The van der Waals surface area contributed by atoms with Gasteiger partial charge in [-0.3, -0.25) is 4.79 Å². The number of aliphatic carboxylic acids is 1. The molecular weight excluding hydrogens is 316 g/mol. The van der Waals surface area contributed by atoms with E-state index in [1.807, 2.05) is 24.3 Å². The fourth-order valence-corrected chi connectivity index (χ4v) is 3.83. The lowest BCUT2D eigenvalue weighted by Crippen LogP contribution is -2.17. The largest absolute Gasteiger partial charge is 0.481 e. The molecule has 24 heavy (non-hydrogen) atoms. The van der Waals surface area contributed by atoms with Crippen molar-refractivity contribution >= 4 is 17.7 Å². The van der Waals surface area contributed by atoms with E-state index < -0.39 is 5.97 Å². The van der Waals surface area contributed by atoms with E-state index in [0.29, 0.717) is 0 Å². The predicted molar refractivity (Wildman–Crippen MR) is 103 cm³/mol. The van der Waals surface area contributed by atoms with Crippen LogP contribution >= 0.6 is 11.8 Å². The summed E-state index contributed by atoms with van der Waals surface area (Å²) in [5.41, 5.74) is 2.65. The van der Waals surface area contributed by atoms with Crippen LogP contribution in [0.5, 0.6) is 0 Å². The highest BCUT2D eigenvalue weighted by molar-refractivity contribution is 7.99. The highest BCUT2D eigenvalue weighted by Crippen LogP contribution is 2.18. The van der Waals surface area contributed by atoms with Gasteiger partial charge in [0.25, 0.3) is 0 Å². The SMILES string of the molecule is O=C(O)C(CCCc1ccccc1)CSCCCc1ccccc1. The summed E-state index contributed by atoms with van der Waals surface area (Å²) in [4.78, 5) is 11.4. The van der Waals surface area contributed by atoms with Crippen molar-refractivity contribution in [1.82, 2.24) is 0 Å². The standard InChI is InChI=1S/C21H26O2S/c22-21(23)20(15-7-13-18-9-3-1-4-10-18)17-24-16-8-14-19-11-5-2-6-12-19/h1-6,9-12,20H,7-8,13-17H2,(H,22,23). The van der Waals surface area contributed by atoms with Gasteiger partial charge >= 0.3 is 5.97 Å². The average Bonchev–Trinajstić information content (AvgIpc) is 2.61. The summed E-state index contributed by atoms with van der Waals surface area (Å²) in [6.07, 6.45) is 4.83. The van der Waals surface area contributed by atoms with Gasteiger partial charge in [-0.15, -0.1) is 0 Å². The fraction of sp³-hybridized carbons (Fsp3) is 0.381. The van der Waals surface area contributed by atoms with Gasteiger partial charge in [-0.1, -0.05) is 60.7 Å². The molecule has 0 heterocycles. The fourth-order valence-electron chi connectivity index (χ4n) is 2.72. The van der Waals surface area contributed by atoms with Crippen molar-refractivity contribution in [3.63, 3.8) is 0 Å². The van der Waals surface area contributed by atoms with Crippen molar-refractivity contribution in [3.05, 3.63) is 71.8 Å². The molecule has 0 radical (unpaired) electrons. The van der Waals surface area contributed by atoms with E-state index in [-0.39, 0.29) is 5.92 Å². The summed E-state index contributed by atoms with van der Waals surface area (Å²) in [5.74, 6) is 0.866. The second-order valence-electron chi connectivity index (χ2n) is 6.08. The van der Waals surface area contributed by atoms with E-state index in [1.165, 1.54) is 11.1 Å². The number of hydrogen-bond donors (Lipinski definition) is 1. The van der Waals surface area contributed by atoms with Crippen molar-refractivity contribution in [2.45, 2.75) is 32.1 Å². The van der Waals surface area contributed by atoms with Crippen LogP contribution < -0.4 is 0 Å². The molecule has 128 valence electrons. The first kappa shape index (κ1) is 18.6. The van der Waals surface area contributed by atoms with Crippen LogP contribution in [-0.4, -0.2) is 22.6 Å². The number of hydrogen-bond acceptors (Lipinski definition) is 2. The summed E-state index contributed by atoms with van der Waals surface area (Å²) >= 11 is 1.77. The Labute approximate surface area is 149 Å². The van der Waals surface area contributed by atoms with Crippen LogP contribution in [-0.2, 0) is 17.6 Å². The van der Waals surface area contributed by atoms with Crippen molar-refractivity contribution in [3.8, 4) is 0 Å². The van der Waals surface area contributed by atoms with Gasteiger partial charge in [0, 0.05) is 5.75 Å². The second kappa shape index (κ2) is 10.9. The Morgan fingerprint density at radius 1 is 0.875 bits per heavy atom. The summed E-state index contributed by atoms with van der Waals surface area (Å²) in [6, 6.07) is 20.7. The highest BCUT2D eigenvalue weighted by Gasteiger charge is 2.16. The van der Waals surface area contributed by atoms with Crippen molar-refractivity contribution in [2.75, 3.05) is 11.5 Å². The molecule has 2 nitrogen and oxygen atoms in total. The zero-order chi connectivity index (χ0) is 17.0. The molecule has 0 saturated heterocycles. The average molecular weight is 343 g/mol. The molecule has 0 amide bonds. The van der Waals surface area contributed by atoms with Crippen molar-refractivity contribution in [2.24, 2.45) is 5.92 Å². The maximum Gasteiger partial charge on any atom is 0.307 e. The molecule has 1 N–H and O–H groups in total. The van der Waals surface area contributed by atoms with E-state index in [2.05, 4.69) is 36.4 Å². The lowest BCUT2D eigenvalue weighted by Gasteiger charge is -2.12. The van der Waals surface area contributed by atoms with E-state index in [1.54, 1.807) is 11.8 Å². The molecule has 0 aliphatic carbocycles. The maximum atomic E-state index is 11.4. The Kier molecular flexibility index (Phi) is 8.47. The van der Waals surface area contributed by atoms with Crippen LogP contribution in [0.2, 0.25) is 0 Å². The van der Waals surface area contributed by atoms with Gasteiger partial charge in [0.2, 0.25) is 0 Å². The summed E-state index contributed by atoms with van der Waals surface area (Å²) in [6.45, 7) is 0. The summed E-state index contributed by atoms with van der Waals surface area (Å²) < 4.78 is 0. The number of thioether (sulfide) groups is 1. The Balaban J connectivity index is 1.61. The molecule has 0 aliphatic rings. The number of aryl methyl sites for hydroxylation is 2. The third-order valence-electron chi connectivity index (χ3n) is 4.13. The van der Waals surface area contributed by atoms with Gasteiger partial charge in [0.05, 0.1) is 5.92 Å². The molecule has 1 unspecified atom stereocenters. The van der Waals surface area contributed by atoms with Gasteiger partial charge in [-0.25, -0.2) is 0 Å². The molecule has 0 aromatic heterocycles. The van der Waals surface area contributed by atoms with Gasteiger partial charge in [0.1, 0.15) is 0 Å². The van der Waals surface area contributed by atoms with Crippen LogP contribution in [0.3, 0.4) is 0 Å². The van der Waals surface area contributed by atoms with Crippen LogP contribution in [0.4, 0.5) is 0 Å². The predicted octanol–water partition coefficient (Wildman–Crippen LogP) is 5.08. The molecule has 0 saturated carbocycles. The monoisotopic (exact) mass is 342 g/mol. The van der Waals surface area contributed by atoms with E-state index >= 15 is 0 Å². The number of carboxylic acids is 1. The first-order valence-corrected chi connectivity index (χ1v) is 9.79. The Morgan fingerprint density at radius 2 is 1.42 bits per heavy atom. The topological polar surface area (TPSA) is 37.3 Å².